The Morgan fingerprint density at radius 1 is 0.781 bits per heavy atom. The molecule has 4 aromatic rings. The molecule has 0 spiro atoms. The summed E-state index contributed by atoms with van der Waals surface area (Å²) in [6.45, 7) is 2.06. The van der Waals surface area contributed by atoms with Gasteiger partial charge in [-0.2, -0.15) is 0 Å². The molecule has 0 fully saturated rings. The molecule has 1 atom stereocenters. The highest BCUT2D eigenvalue weighted by atomic mass is 35.5. The van der Waals surface area contributed by atoms with Crippen molar-refractivity contribution in [1.82, 2.24) is 5.32 Å². The van der Waals surface area contributed by atoms with E-state index in [0.29, 0.717) is 10.6 Å². The number of amides is 1. The number of carbonyl (C=O) groups excluding carboxylic acids is 1. The van der Waals surface area contributed by atoms with Gasteiger partial charge in [-0.05, 0) is 46.9 Å². The minimum absolute atomic E-state index is 0.159. The first-order valence-corrected chi connectivity index (χ1v) is 10.9. The fraction of sp³-hybridized carbons (Fsp3) is 0.0690. The molecule has 3 heteroatoms. The average Bonchev–Trinajstić information content (AvgIpc) is 2.83. The van der Waals surface area contributed by atoms with E-state index in [-0.39, 0.29) is 11.9 Å². The zero-order chi connectivity index (χ0) is 22.3. The van der Waals surface area contributed by atoms with Crippen LogP contribution in [0.4, 0.5) is 0 Å². The van der Waals surface area contributed by atoms with Crippen LogP contribution in [-0.4, -0.2) is 5.91 Å². The first kappa shape index (κ1) is 21.6. The van der Waals surface area contributed by atoms with Crippen LogP contribution in [0.15, 0.2) is 109 Å². The van der Waals surface area contributed by atoms with Gasteiger partial charge in [-0.3, -0.25) is 4.79 Å². The van der Waals surface area contributed by atoms with Crippen molar-refractivity contribution in [3.05, 3.63) is 142 Å². The molecule has 1 amide bonds. The molecule has 0 aliphatic heterocycles. The molecule has 158 valence electrons. The second kappa shape index (κ2) is 10.1. The van der Waals surface area contributed by atoms with Gasteiger partial charge in [0.15, 0.2) is 0 Å². The Kier molecular flexibility index (Phi) is 6.84. The van der Waals surface area contributed by atoms with E-state index < -0.39 is 0 Å². The second-order valence-electron chi connectivity index (χ2n) is 7.62. The highest BCUT2D eigenvalue weighted by Crippen LogP contribution is 2.28. The zero-order valence-corrected chi connectivity index (χ0v) is 18.6. The zero-order valence-electron chi connectivity index (χ0n) is 17.8. The van der Waals surface area contributed by atoms with E-state index in [1.54, 1.807) is 0 Å². The largest absolute Gasteiger partial charge is 0.341 e. The Hall–Kier alpha value is -3.62. The van der Waals surface area contributed by atoms with Crippen molar-refractivity contribution in [2.24, 2.45) is 0 Å². The lowest BCUT2D eigenvalue weighted by Gasteiger charge is -2.22. The SMILES string of the molecule is Cc1ccccc1[C@H](NC(=O)/C(=C/c1ccccc1Cl)c1ccccc1)c1ccccc1. The molecule has 0 saturated carbocycles. The molecule has 0 radical (unpaired) electrons. The van der Waals surface area contributed by atoms with E-state index >= 15 is 0 Å². The fourth-order valence-corrected chi connectivity index (χ4v) is 3.94. The van der Waals surface area contributed by atoms with Gasteiger partial charge in [-0.15, -0.1) is 0 Å². The molecule has 0 heterocycles. The van der Waals surface area contributed by atoms with Gasteiger partial charge in [0.1, 0.15) is 0 Å². The summed E-state index contributed by atoms with van der Waals surface area (Å²) in [6, 6.07) is 35.1. The Labute approximate surface area is 194 Å². The Morgan fingerprint density at radius 3 is 2.06 bits per heavy atom. The number of hydrogen-bond donors (Lipinski definition) is 1. The van der Waals surface area contributed by atoms with Crippen LogP contribution in [0.5, 0.6) is 0 Å². The van der Waals surface area contributed by atoms with Crippen LogP contribution < -0.4 is 5.32 Å². The molecule has 0 saturated heterocycles. The molecular formula is C29H24ClNO. The summed E-state index contributed by atoms with van der Waals surface area (Å²) in [7, 11) is 0. The monoisotopic (exact) mass is 437 g/mol. The minimum Gasteiger partial charge on any atom is -0.341 e. The lowest BCUT2D eigenvalue weighted by Crippen LogP contribution is -2.30. The number of nitrogens with one attached hydrogen (secondary N) is 1. The maximum atomic E-state index is 13.7. The molecule has 1 N–H and O–H groups in total. The van der Waals surface area contributed by atoms with Gasteiger partial charge < -0.3 is 5.32 Å². The predicted octanol–water partition coefficient (Wildman–Crippen LogP) is 7.09. The van der Waals surface area contributed by atoms with Crippen molar-refractivity contribution in [3.8, 4) is 0 Å². The van der Waals surface area contributed by atoms with Crippen LogP contribution >= 0.6 is 11.6 Å². The van der Waals surface area contributed by atoms with Crippen LogP contribution in [0.25, 0.3) is 11.6 Å². The Morgan fingerprint density at radius 2 is 1.38 bits per heavy atom. The van der Waals surface area contributed by atoms with E-state index in [0.717, 1.165) is 27.8 Å². The van der Waals surface area contributed by atoms with E-state index in [9.17, 15) is 4.79 Å². The second-order valence-corrected chi connectivity index (χ2v) is 8.03. The summed E-state index contributed by atoms with van der Waals surface area (Å²) < 4.78 is 0. The van der Waals surface area contributed by atoms with Gasteiger partial charge in [-0.1, -0.05) is 115 Å². The summed E-state index contributed by atoms with van der Waals surface area (Å²) >= 11 is 6.40. The van der Waals surface area contributed by atoms with E-state index in [1.165, 1.54) is 0 Å². The highest BCUT2D eigenvalue weighted by molar-refractivity contribution is 6.33. The van der Waals surface area contributed by atoms with Gasteiger partial charge in [0.25, 0.3) is 5.91 Å². The maximum Gasteiger partial charge on any atom is 0.252 e. The number of hydrogen-bond acceptors (Lipinski definition) is 1. The summed E-state index contributed by atoms with van der Waals surface area (Å²) in [5.41, 5.74) is 5.42. The molecule has 32 heavy (non-hydrogen) atoms. The standard InChI is InChI=1S/C29H24ClNO/c1-21-12-8-10-18-25(21)28(23-15-6-3-7-16-23)31-29(32)26(22-13-4-2-5-14-22)20-24-17-9-11-19-27(24)30/h2-20,28H,1H3,(H,31,32)/b26-20+/t28-/m1/s1. The van der Waals surface area contributed by atoms with Crippen LogP contribution in [0.1, 0.15) is 33.9 Å². The molecule has 0 aliphatic rings. The van der Waals surface area contributed by atoms with Gasteiger partial charge in [0.05, 0.1) is 6.04 Å². The van der Waals surface area contributed by atoms with Crippen LogP contribution in [0, 0.1) is 6.92 Å². The first-order valence-electron chi connectivity index (χ1n) is 10.6. The predicted molar refractivity (Wildman–Crippen MR) is 133 cm³/mol. The molecule has 4 rings (SSSR count). The number of rotatable bonds is 6. The van der Waals surface area contributed by atoms with Crippen LogP contribution in [-0.2, 0) is 4.79 Å². The van der Waals surface area contributed by atoms with E-state index in [4.69, 9.17) is 11.6 Å². The Bertz CT molecular complexity index is 1230. The van der Waals surface area contributed by atoms with Gasteiger partial charge in [0, 0.05) is 10.6 Å². The van der Waals surface area contributed by atoms with Crippen molar-refractivity contribution in [2.45, 2.75) is 13.0 Å². The highest BCUT2D eigenvalue weighted by Gasteiger charge is 2.21. The molecule has 0 bridgehead atoms. The third-order valence-electron chi connectivity index (χ3n) is 5.44. The smallest absolute Gasteiger partial charge is 0.252 e. The number of benzene rings is 4. The molecule has 0 unspecified atom stereocenters. The van der Waals surface area contributed by atoms with E-state index in [1.807, 2.05) is 103 Å². The van der Waals surface area contributed by atoms with E-state index in [2.05, 4.69) is 24.4 Å². The molecule has 0 aliphatic carbocycles. The minimum atomic E-state index is -0.275. The number of carbonyl (C=O) groups is 1. The van der Waals surface area contributed by atoms with Crippen molar-refractivity contribution in [3.63, 3.8) is 0 Å². The quantitative estimate of drug-likeness (QED) is 0.253. The maximum absolute atomic E-state index is 13.7. The lowest BCUT2D eigenvalue weighted by atomic mass is 9.94. The van der Waals surface area contributed by atoms with Gasteiger partial charge in [0.2, 0.25) is 0 Å². The molecular weight excluding hydrogens is 414 g/mol. The van der Waals surface area contributed by atoms with Gasteiger partial charge >= 0.3 is 0 Å². The summed E-state index contributed by atoms with van der Waals surface area (Å²) in [5, 5.41) is 3.88. The summed E-state index contributed by atoms with van der Waals surface area (Å²) in [6.07, 6.45) is 1.85. The first-order chi connectivity index (χ1) is 15.6. The Balaban J connectivity index is 1.77. The normalized spacial score (nSPS) is 12.2. The van der Waals surface area contributed by atoms with Gasteiger partial charge in [-0.25, -0.2) is 0 Å². The number of halogens is 1. The van der Waals surface area contributed by atoms with Crippen molar-refractivity contribution >= 4 is 29.2 Å². The molecule has 2 nitrogen and oxygen atoms in total. The van der Waals surface area contributed by atoms with Crippen LogP contribution in [0.3, 0.4) is 0 Å². The van der Waals surface area contributed by atoms with Crippen molar-refractivity contribution in [1.29, 1.82) is 0 Å². The number of aryl methyl sites for hydroxylation is 1. The van der Waals surface area contributed by atoms with Crippen LogP contribution in [0.2, 0.25) is 5.02 Å². The third-order valence-corrected chi connectivity index (χ3v) is 5.79. The van der Waals surface area contributed by atoms with Crippen molar-refractivity contribution in [2.75, 3.05) is 0 Å². The average molecular weight is 438 g/mol. The fourth-order valence-electron chi connectivity index (χ4n) is 3.75. The van der Waals surface area contributed by atoms with Crippen molar-refractivity contribution < 1.29 is 4.79 Å². The molecule has 4 aromatic carbocycles. The summed E-state index contributed by atoms with van der Waals surface area (Å²) in [5.74, 6) is -0.159. The topological polar surface area (TPSA) is 29.1 Å². The third kappa shape index (κ3) is 4.99. The molecule has 0 aromatic heterocycles. The summed E-state index contributed by atoms with van der Waals surface area (Å²) in [4.78, 5) is 13.7. The lowest BCUT2D eigenvalue weighted by molar-refractivity contribution is -0.116.